The van der Waals surface area contributed by atoms with Crippen molar-refractivity contribution in [3.8, 4) is 0 Å². The fourth-order valence-electron chi connectivity index (χ4n) is 2.16. The van der Waals surface area contributed by atoms with E-state index in [0.29, 0.717) is 19.1 Å². The van der Waals surface area contributed by atoms with Crippen LogP contribution in [0.2, 0.25) is 0 Å². The Bertz CT molecular complexity index is 287. The van der Waals surface area contributed by atoms with E-state index in [1.54, 1.807) is 4.90 Å². The number of carbonyl (C=O) groups excluding carboxylic acids is 1. The second kappa shape index (κ2) is 10.0. The molecule has 0 aliphatic carbocycles. The summed E-state index contributed by atoms with van der Waals surface area (Å²) in [4.78, 5) is 13.8. The van der Waals surface area contributed by atoms with Crippen LogP contribution in [0.3, 0.4) is 0 Å². The predicted molar refractivity (Wildman–Crippen MR) is 89.6 cm³/mol. The monoisotopic (exact) mass is 300 g/mol. The molecule has 0 saturated heterocycles. The lowest BCUT2D eigenvalue weighted by atomic mass is 9.98. The third kappa shape index (κ3) is 9.72. The van der Waals surface area contributed by atoms with Crippen molar-refractivity contribution in [3.05, 3.63) is 0 Å². The highest BCUT2D eigenvalue weighted by atomic mass is 16.6. The highest BCUT2D eigenvalue weighted by Gasteiger charge is 2.21. The molecule has 2 atom stereocenters. The lowest BCUT2D eigenvalue weighted by Crippen LogP contribution is -2.42. The maximum atomic E-state index is 12.0. The average Bonchev–Trinajstić information content (AvgIpc) is 2.39. The number of rotatable bonds is 9. The molecule has 0 aromatic heterocycles. The smallest absolute Gasteiger partial charge is 0.410 e. The molecular weight excluding hydrogens is 264 g/mol. The van der Waals surface area contributed by atoms with Gasteiger partial charge in [0, 0.05) is 25.7 Å². The Morgan fingerprint density at radius 1 is 1.19 bits per heavy atom. The van der Waals surface area contributed by atoms with E-state index in [1.165, 1.54) is 12.8 Å². The van der Waals surface area contributed by atoms with Crippen LogP contribution >= 0.6 is 0 Å². The molecule has 2 unspecified atom stereocenters. The van der Waals surface area contributed by atoms with Gasteiger partial charge in [0.25, 0.3) is 0 Å². The second-order valence-electron chi connectivity index (χ2n) is 6.87. The lowest BCUT2D eigenvalue weighted by Gasteiger charge is -2.27. The fraction of sp³-hybridized carbons (Fsp3) is 0.941. The van der Waals surface area contributed by atoms with E-state index >= 15 is 0 Å². The first-order valence-corrected chi connectivity index (χ1v) is 8.44. The first kappa shape index (κ1) is 20.2. The molecule has 0 aliphatic heterocycles. The predicted octanol–water partition coefficient (Wildman–Crippen LogP) is 4.05. The lowest BCUT2D eigenvalue weighted by molar-refractivity contribution is 0.0260. The van der Waals surface area contributed by atoms with Crippen molar-refractivity contribution in [2.75, 3.05) is 19.6 Å². The van der Waals surface area contributed by atoms with Crippen LogP contribution < -0.4 is 5.32 Å². The van der Waals surface area contributed by atoms with Gasteiger partial charge in [-0.2, -0.15) is 0 Å². The highest BCUT2D eigenvalue weighted by molar-refractivity contribution is 5.68. The van der Waals surface area contributed by atoms with E-state index in [4.69, 9.17) is 4.74 Å². The van der Waals surface area contributed by atoms with Crippen LogP contribution in [0.4, 0.5) is 4.79 Å². The molecule has 1 amide bonds. The van der Waals surface area contributed by atoms with E-state index in [2.05, 4.69) is 26.1 Å². The first-order valence-electron chi connectivity index (χ1n) is 8.44. The van der Waals surface area contributed by atoms with E-state index in [-0.39, 0.29) is 6.09 Å². The van der Waals surface area contributed by atoms with Gasteiger partial charge in [-0.15, -0.1) is 0 Å². The maximum Gasteiger partial charge on any atom is 0.410 e. The van der Waals surface area contributed by atoms with Crippen molar-refractivity contribution < 1.29 is 9.53 Å². The molecule has 0 radical (unpaired) electrons. The summed E-state index contributed by atoms with van der Waals surface area (Å²) in [6.45, 7) is 16.6. The Balaban J connectivity index is 4.18. The van der Waals surface area contributed by atoms with Gasteiger partial charge in [-0.05, 0) is 46.5 Å². The summed E-state index contributed by atoms with van der Waals surface area (Å²) in [5.41, 5.74) is -0.430. The molecule has 1 N–H and O–H groups in total. The largest absolute Gasteiger partial charge is 0.444 e. The molecule has 4 nitrogen and oxygen atoms in total. The summed E-state index contributed by atoms with van der Waals surface area (Å²) in [7, 11) is 0. The normalized spacial score (nSPS) is 14.6. The van der Waals surface area contributed by atoms with Crippen LogP contribution in [-0.4, -0.2) is 42.3 Å². The molecular formula is C17H36N2O2. The van der Waals surface area contributed by atoms with Crippen LogP contribution in [-0.2, 0) is 4.74 Å². The zero-order chi connectivity index (χ0) is 16.5. The molecule has 126 valence electrons. The van der Waals surface area contributed by atoms with Crippen LogP contribution in [0, 0.1) is 5.92 Å². The first-order chi connectivity index (χ1) is 9.73. The summed E-state index contributed by atoms with van der Waals surface area (Å²) in [6, 6.07) is 0.539. The molecule has 0 bridgehead atoms. The topological polar surface area (TPSA) is 41.6 Å². The molecule has 0 heterocycles. The quantitative estimate of drug-likeness (QED) is 0.698. The SMILES string of the molecule is CCC(C)CC(CC)NCCN(CC)C(=O)OC(C)(C)C. The van der Waals surface area contributed by atoms with Crippen molar-refractivity contribution >= 4 is 6.09 Å². The Morgan fingerprint density at radius 3 is 2.24 bits per heavy atom. The number of hydrogen-bond acceptors (Lipinski definition) is 3. The number of carbonyl (C=O) groups is 1. The van der Waals surface area contributed by atoms with E-state index < -0.39 is 5.60 Å². The molecule has 4 heteroatoms. The van der Waals surface area contributed by atoms with Crippen molar-refractivity contribution in [2.45, 2.75) is 79.4 Å². The van der Waals surface area contributed by atoms with Crippen molar-refractivity contribution in [1.29, 1.82) is 0 Å². The molecule has 0 aliphatic rings. The van der Waals surface area contributed by atoms with Crippen LogP contribution in [0.5, 0.6) is 0 Å². The van der Waals surface area contributed by atoms with Gasteiger partial charge in [-0.1, -0.05) is 27.2 Å². The van der Waals surface area contributed by atoms with Gasteiger partial charge in [-0.3, -0.25) is 0 Å². The molecule has 0 saturated carbocycles. The summed E-state index contributed by atoms with van der Waals surface area (Å²) in [5.74, 6) is 0.746. The zero-order valence-electron chi connectivity index (χ0n) is 15.2. The van der Waals surface area contributed by atoms with Gasteiger partial charge in [0.15, 0.2) is 0 Å². The van der Waals surface area contributed by atoms with Gasteiger partial charge in [-0.25, -0.2) is 4.79 Å². The van der Waals surface area contributed by atoms with E-state index in [1.807, 2.05) is 27.7 Å². The van der Waals surface area contributed by atoms with Gasteiger partial charge < -0.3 is 15.0 Å². The van der Waals surface area contributed by atoms with Crippen LogP contribution in [0.25, 0.3) is 0 Å². The van der Waals surface area contributed by atoms with Crippen LogP contribution in [0.15, 0.2) is 0 Å². The number of nitrogens with zero attached hydrogens (tertiary/aromatic N) is 1. The third-order valence-corrected chi connectivity index (χ3v) is 3.72. The Morgan fingerprint density at radius 2 is 1.81 bits per heavy atom. The van der Waals surface area contributed by atoms with Gasteiger partial charge in [0.1, 0.15) is 5.60 Å². The molecule has 21 heavy (non-hydrogen) atoms. The number of amides is 1. The minimum absolute atomic E-state index is 0.221. The summed E-state index contributed by atoms with van der Waals surface area (Å²) >= 11 is 0. The Hall–Kier alpha value is -0.770. The van der Waals surface area contributed by atoms with Crippen molar-refractivity contribution in [1.82, 2.24) is 10.2 Å². The highest BCUT2D eigenvalue weighted by Crippen LogP contribution is 2.12. The Labute approximate surface area is 131 Å². The van der Waals surface area contributed by atoms with Gasteiger partial charge in [0.2, 0.25) is 0 Å². The maximum absolute atomic E-state index is 12.0. The molecule has 0 fully saturated rings. The summed E-state index contributed by atoms with van der Waals surface area (Å²) in [6.07, 6.45) is 3.33. The molecule has 0 aromatic carbocycles. The van der Waals surface area contributed by atoms with E-state index in [9.17, 15) is 4.79 Å². The molecule has 0 rings (SSSR count). The van der Waals surface area contributed by atoms with Crippen molar-refractivity contribution in [3.63, 3.8) is 0 Å². The molecule has 0 aromatic rings. The third-order valence-electron chi connectivity index (χ3n) is 3.72. The number of ether oxygens (including phenoxy) is 1. The summed E-state index contributed by atoms with van der Waals surface area (Å²) in [5, 5.41) is 3.57. The number of hydrogen-bond donors (Lipinski definition) is 1. The fourth-order valence-corrected chi connectivity index (χ4v) is 2.16. The van der Waals surface area contributed by atoms with Crippen LogP contribution in [0.1, 0.15) is 67.7 Å². The van der Waals surface area contributed by atoms with Crippen molar-refractivity contribution in [2.24, 2.45) is 5.92 Å². The number of likely N-dealkylation sites (N-methyl/N-ethyl adjacent to an activating group) is 1. The Kier molecular flexibility index (Phi) is 9.67. The van der Waals surface area contributed by atoms with Gasteiger partial charge >= 0.3 is 6.09 Å². The van der Waals surface area contributed by atoms with Gasteiger partial charge in [0.05, 0.1) is 0 Å². The minimum Gasteiger partial charge on any atom is -0.444 e. The zero-order valence-corrected chi connectivity index (χ0v) is 15.2. The molecule has 0 spiro atoms. The van der Waals surface area contributed by atoms with E-state index in [0.717, 1.165) is 18.9 Å². The summed E-state index contributed by atoms with van der Waals surface area (Å²) < 4.78 is 5.42. The second-order valence-corrected chi connectivity index (χ2v) is 6.87. The minimum atomic E-state index is -0.430. The average molecular weight is 300 g/mol. The number of nitrogens with one attached hydrogen (secondary N) is 1. The standard InChI is InChI=1S/C17H36N2O2/c1-8-14(4)13-15(9-2)18-11-12-19(10-3)16(20)21-17(5,6)7/h14-15,18H,8-13H2,1-7H3.